The number of aromatic nitrogens is 2. The Bertz CT molecular complexity index is 786. The lowest BCUT2D eigenvalue weighted by Gasteiger charge is -2.17. The maximum Gasteiger partial charge on any atom is 0.230 e. The lowest BCUT2D eigenvalue weighted by atomic mass is 9.96. The van der Waals surface area contributed by atoms with E-state index in [0.717, 1.165) is 5.69 Å². The van der Waals surface area contributed by atoms with Crippen molar-refractivity contribution in [3.63, 3.8) is 0 Å². The van der Waals surface area contributed by atoms with Gasteiger partial charge < -0.3 is 15.7 Å². The van der Waals surface area contributed by atoms with Crippen LogP contribution in [0.1, 0.15) is 52.9 Å². The van der Waals surface area contributed by atoms with Gasteiger partial charge >= 0.3 is 0 Å². The van der Waals surface area contributed by atoms with Crippen LogP contribution in [0, 0.1) is 10.8 Å². The summed E-state index contributed by atoms with van der Waals surface area (Å²) in [6.45, 7) is 10.9. The smallest absolute Gasteiger partial charge is 0.230 e. The number of carbonyl (C=O) groups is 2. The summed E-state index contributed by atoms with van der Waals surface area (Å²) in [4.78, 5) is 31.5. The summed E-state index contributed by atoms with van der Waals surface area (Å²) < 4.78 is 0. The van der Waals surface area contributed by atoms with Crippen LogP contribution in [0.5, 0.6) is 0 Å². The van der Waals surface area contributed by atoms with Crippen molar-refractivity contribution in [2.45, 2.75) is 54.0 Å². The van der Waals surface area contributed by atoms with Crippen LogP contribution in [0.4, 0.5) is 11.6 Å². The van der Waals surface area contributed by atoms with E-state index in [0.29, 0.717) is 23.2 Å². The topological polar surface area (TPSA) is 104 Å². The van der Waals surface area contributed by atoms with Gasteiger partial charge in [0.2, 0.25) is 11.8 Å². The number of hydrogen-bond acceptors (Lipinski definition) is 5. The normalized spacial score (nSPS) is 11.2. The molecule has 3 N–H and O–H groups in total. The molecule has 0 saturated heterocycles. The number of nitrogens with zero attached hydrogens (tertiary/aromatic N) is 2. The number of alkyl halides is 1. The average Bonchev–Trinajstić information content (AvgIpc) is 2.67. The molecule has 0 radical (unpaired) electrons. The second-order valence-corrected chi connectivity index (χ2v) is 9.00. The Kier molecular flexibility index (Phi) is 9.39. The van der Waals surface area contributed by atoms with Crippen molar-refractivity contribution < 1.29 is 14.7 Å². The highest BCUT2D eigenvalue weighted by atomic mass is 35.5. The van der Waals surface area contributed by atoms with Gasteiger partial charge in [0.15, 0.2) is 0 Å². The molecule has 0 unspecified atom stereocenters. The number of aliphatic hydroxyl groups is 1. The van der Waals surface area contributed by atoms with Crippen molar-refractivity contribution in [3.8, 4) is 0 Å². The van der Waals surface area contributed by atoms with E-state index in [4.69, 9.17) is 16.7 Å². The first-order valence-electron chi connectivity index (χ1n) is 9.58. The largest absolute Gasteiger partial charge is 0.390 e. The van der Waals surface area contributed by atoms with Crippen LogP contribution in [-0.2, 0) is 22.1 Å². The number of amides is 2. The van der Waals surface area contributed by atoms with Crippen LogP contribution in [0.3, 0.4) is 0 Å². The second kappa shape index (κ2) is 11.0. The van der Waals surface area contributed by atoms with Crippen LogP contribution in [-0.4, -0.2) is 26.9 Å². The molecule has 30 heavy (non-hydrogen) atoms. The van der Waals surface area contributed by atoms with Gasteiger partial charge in [0.1, 0.15) is 11.6 Å². The van der Waals surface area contributed by atoms with E-state index in [2.05, 4.69) is 20.6 Å². The molecule has 7 nitrogen and oxygen atoms in total. The Morgan fingerprint density at radius 2 is 1.23 bits per heavy atom. The third kappa shape index (κ3) is 8.88. The molecule has 0 atom stereocenters. The fourth-order valence-electron chi connectivity index (χ4n) is 1.87. The number of pyridine rings is 2. The molecule has 2 amide bonds. The van der Waals surface area contributed by atoms with Crippen LogP contribution in [0.25, 0.3) is 0 Å². The predicted molar refractivity (Wildman–Crippen MR) is 120 cm³/mol. The quantitative estimate of drug-likeness (QED) is 0.620. The van der Waals surface area contributed by atoms with Gasteiger partial charge in [0, 0.05) is 10.8 Å². The van der Waals surface area contributed by atoms with Crippen molar-refractivity contribution in [2.24, 2.45) is 10.8 Å². The molecule has 0 aliphatic rings. The molecular weight excluding hydrogens is 404 g/mol. The van der Waals surface area contributed by atoms with E-state index in [9.17, 15) is 9.59 Å². The van der Waals surface area contributed by atoms with Crippen molar-refractivity contribution >= 4 is 35.1 Å². The monoisotopic (exact) mass is 434 g/mol. The van der Waals surface area contributed by atoms with Crippen molar-refractivity contribution in [3.05, 3.63) is 47.8 Å². The average molecular weight is 435 g/mol. The third-order valence-electron chi connectivity index (χ3n) is 3.76. The van der Waals surface area contributed by atoms with Gasteiger partial charge in [-0.1, -0.05) is 53.7 Å². The second-order valence-electron chi connectivity index (χ2n) is 8.73. The zero-order chi connectivity index (χ0) is 22.9. The SMILES string of the molecule is CC(C)(C)C(=O)Nc1cccc(CCl)n1.CC(C)(C)C(=O)Nc1cccc(CO)n1. The summed E-state index contributed by atoms with van der Waals surface area (Å²) >= 11 is 5.65. The minimum atomic E-state index is -0.448. The first-order chi connectivity index (χ1) is 13.9. The Hall–Kier alpha value is -2.51. The minimum absolute atomic E-state index is 0.0540. The molecule has 0 aliphatic heterocycles. The lowest BCUT2D eigenvalue weighted by molar-refractivity contribution is -0.123. The molecule has 2 aromatic rings. The van der Waals surface area contributed by atoms with Gasteiger partial charge in [-0.25, -0.2) is 9.97 Å². The molecule has 0 fully saturated rings. The van der Waals surface area contributed by atoms with Crippen LogP contribution >= 0.6 is 11.6 Å². The number of carbonyl (C=O) groups excluding carboxylic acids is 2. The molecular formula is C22H31ClN4O3. The highest BCUT2D eigenvalue weighted by Gasteiger charge is 2.22. The van der Waals surface area contributed by atoms with E-state index in [-0.39, 0.29) is 18.4 Å². The Morgan fingerprint density at radius 3 is 1.60 bits per heavy atom. The number of halogens is 1. The number of aliphatic hydroxyl groups excluding tert-OH is 1. The summed E-state index contributed by atoms with van der Waals surface area (Å²) in [5.74, 6) is 1.22. The Labute approximate surface area is 183 Å². The van der Waals surface area contributed by atoms with Gasteiger partial charge in [-0.15, -0.1) is 11.6 Å². The van der Waals surface area contributed by atoms with Gasteiger partial charge in [-0.2, -0.15) is 0 Å². The molecule has 0 aromatic carbocycles. The van der Waals surface area contributed by atoms with Crippen molar-refractivity contribution in [1.29, 1.82) is 0 Å². The molecule has 0 bridgehead atoms. The maximum atomic E-state index is 11.6. The summed E-state index contributed by atoms with van der Waals surface area (Å²) in [6.07, 6.45) is 0. The van der Waals surface area contributed by atoms with Crippen LogP contribution in [0.15, 0.2) is 36.4 Å². The number of anilines is 2. The predicted octanol–water partition coefficient (Wildman–Crippen LogP) is 4.36. The fourth-order valence-corrected chi connectivity index (χ4v) is 2.02. The Morgan fingerprint density at radius 1 is 0.833 bits per heavy atom. The number of rotatable bonds is 4. The summed E-state index contributed by atoms with van der Waals surface area (Å²) in [6, 6.07) is 10.5. The van der Waals surface area contributed by atoms with Gasteiger partial charge in [0.05, 0.1) is 23.9 Å². The maximum absolute atomic E-state index is 11.6. The van der Waals surface area contributed by atoms with E-state index in [1.807, 2.05) is 53.7 Å². The van der Waals surface area contributed by atoms with Gasteiger partial charge in [-0.05, 0) is 24.3 Å². The van der Waals surface area contributed by atoms with E-state index >= 15 is 0 Å². The minimum Gasteiger partial charge on any atom is -0.390 e. The summed E-state index contributed by atoms with van der Waals surface area (Å²) in [5, 5.41) is 14.3. The molecule has 2 rings (SSSR count). The summed E-state index contributed by atoms with van der Waals surface area (Å²) in [7, 11) is 0. The van der Waals surface area contributed by atoms with E-state index < -0.39 is 10.8 Å². The van der Waals surface area contributed by atoms with Crippen molar-refractivity contribution in [2.75, 3.05) is 10.6 Å². The van der Waals surface area contributed by atoms with Crippen LogP contribution in [0.2, 0.25) is 0 Å². The third-order valence-corrected chi connectivity index (χ3v) is 4.03. The van der Waals surface area contributed by atoms with Gasteiger partial charge in [-0.3, -0.25) is 9.59 Å². The molecule has 0 spiro atoms. The first kappa shape index (κ1) is 25.5. The molecule has 0 saturated carbocycles. The lowest BCUT2D eigenvalue weighted by Crippen LogP contribution is -2.28. The zero-order valence-electron chi connectivity index (χ0n) is 18.4. The molecule has 2 aromatic heterocycles. The van der Waals surface area contributed by atoms with Crippen molar-refractivity contribution in [1.82, 2.24) is 9.97 Å². The highest BCUT2D eigenvalue weighted by molar-refractivity contribution is 6.16. The molecule has 2 heterocycles. The van der Waals surface area contributed by atoms with E-state index in [1.54, 1.807) is 24.3 Å². The fraction of sp³-hybridized carbons (Fsp3) is 0.455. The summed E-state index contributed by atoms with van der Waals surface area (Å²) in [5.41, 5.74) is 0.431. The zero-order valence-corrected chi connectivity index (χ0v) is 19.2. The molecule has 8 heteroatoms. The standard InChI is InChI=1S/C11H15ClN2O.C11H16N2O2/c1-11(2,3)10(15)14-9-6-4-5-8(7-12)13-9;1-11(2,3)10(15)13-9-6-4-5-8(7-14)12-9/h4-6H,7H2,1-3H3,(H,13,14,15);4-6,14H,7H2,1-3H3,(H,12,13,15). The van der Waals surface area contributed by atoms with Crippen LogP contribution < -0.4 is 10.6 Å². The van der Waals surface area contributed by atoms with E-state index in [1.165, 1.54) is 0 Å². The number of nitrogens with one attached hydrogen (secondary N) is 2. The van der Waals surface area contributed by atoms with Gasteiger partial charge in [0.25, 0.3) is 0 Å². The molecule has 164 valence electrons. The molecule has 0 aliphatic carbocycles. The first-order valence-corrected chi connectivity index (χ1v) is 10.1. The Balaban J connectivity index is 0.000000300. The number of hydrogen-bond donors (Lipinski definition) is 3. The highest BCUT2D eigenvalue weighted by Crippen LogP contribution is 2.17.